The molecule has 19 heavy (non-hydrogen) atoms. The van der Waals surface area contributed by atoms with Gasteiger partial charge in [0.05, 0.1) is 16.4 Å². The quantitative estimate of drug-likeness (QED) is 0.818. The number of nitrogens with zero attached hydrogens (tertiary/aromatic N) is 1. The molecular formula is C13H17ClFN3O. The van der Waals surface area contributed by atoms with E-state index in [1.54, 1.807) is 13.1 Å². The fourth-order valence-corrected chi connectivity index (χ4v) is 2.57. The molecule has 2 rings (SSSR count). The number of amides is 1. The first-order valence-electron chi connectivity index (χ1n) is 6.24. The van der Waals surface area contributed by atoms with E-state index in [4.69, 9.17) is 17.3 Å². The first-order chi connectivity index (χ1) is 9.02. The van der Waals surface area contributed by atoms with Crippen molar-refractivity contribution in [3.05, 3.63) is 23.0 Å². The second kappa shape index (κ2) is 5.65. The van der Waals surface area contributed by atoms with E-state index in [-0.39, 0.29) is 16.8 Å². The van der Waals surface area contributed by atoms with Gasteiger partial charge in [0.1, 0.15) is 5.82 Å². The van der Waals surface area contributed by atoms with Crippen LogP contribution < -0.4 is 16.0 Å². The highest BCUT2D eigenvalue weighted by atomic mass is 35.5. The molecule has 1 aliphatic rings. The number of benzene rings is 1. The number of piperidine rings is 1. The molecule has 1 aromatic rings. The van der Waals surface area contributed by atoms with E-state index in [1.807, 2.05) is 4.90 Å². The molecule has 1 saturated heterocycles. The van der Waals surface area contributed by atoms with E-state index in [0.717, 1.165) is 18.5 Å². The SMILES string of the molecule is CNC(=O)C1CCN(c2cc(Cl)c(F)cc2N)CC1. The number of nitrogens with one attached hydrogen (secondary N) is 1. The molecule has 1 aromatic carbocycles. The Balaban J connectivity index is 2.10. The topological polar surface area (TPSA) is 58.4 Å². The van der Waals surface area contributed by atoms with Gasteiger partial charge in [-0.15, -0.1) is 0 Å². The van der Waals surface area contributed by atoms with Crippen LogP contribution in [0.1, 0.15) is 12.8 Å². The second-order valence-electron chi connectivity index (χ2n) is 4.70. The van der Waals surface area contributed by atoms with Gasteiger partial charge in [0.2, 0.25) is 5.91 Å². The maximum atomic E-state index is 13.3. The van der Waals surface area contributed by atoms with E-state index in [1.165, 1.54) is 6.07 Å². The van der Waals surface area contributed by atoms with Crippen molar-refractivity contribution in [3.63, 3.8) is 0 Å². The molecule has 0 radical (unpaired) electrons. The molecule has 0 aliphatic carbocycles. The lowest BCUT2D eigenvalue weighted by Gasteiger charge is -2.33. The van der Waals surface area contributed by atoms with Gasteiger partial charge >= 0.3 is 0 Å². The Morgan fingerprint density at radius 1 is 1.47 bits per heavy atom. The smallest absolute Gasteiger partial charge is 0.222 e. The number of halogens is 2. The molecule has 104 valence electrons. The Morgan fingerprint density at radius 3 is 2.68 bits per heavy atom. The number of nitrogens with two attached hydrogens (primary N) is 1. The van der Waals surface area contributed by atoms with Crippen molar-refractivity contribution in [1.29, 1.82) is 0 Å². The normalized spacial score (nSPS) is 16.5. The lowest BCUT2D eigenvalue weighted by Crippen LogP contribution is -2.39. The van der Waals surface area contributed by atoms with Gasteiger partial charge in [-0.05, 0) is 18.9 Å². The summed E-state index contributed by atoms with van der Waals surface area (Å²) >= 11 is 5.79. The van der Waals surface area contributed by atoms with E-state index in [0.29, 0.717) is 18.8 Å². The van der Waals surface area contributed by atoms with E-state index >= 15 is 0 Å². The third-order valence-electron chi connectivity index (χ3n) is 3.52. The lowest BCUT2D eigenvalue weighted by atomic mass is 9.95. The molecule has 3 N–H and O–H groups in total. The standard InChI is InChI=1S/C13H17ClFN3O/c1-17-13(19)8-2-4-18(5-3-8)12-6-9(14)10(15)7-11(12)16/h6-8H,2-5,16H2,1H3,(H,17,19). The molecule has 0 aromatic heterocycles. The van der Waals surface area contributed by atoms with Crippen LogP contribution in [0.25, 0.3) is 0 Å². The van der Waals surface area contributed by atoms with E-state index in [2.05, 4.69) is 5.32 Å². The molecule has 1 aliphatic heterocycles. The second-order valence-corrected chi connectivity index (χ2v) is 5.11. The van der Waals surface area contributed by atoms with Crippen molar-refractivity contribution in [2.75, 3.05) is 30.8 Å². The van der Waals surface area contributed by atoms with Gasteiger partial charge in [-0.3, -0.25) is 4.79 Å². The number of rotatable bonds is 2. The third-order valence-corrected chi connectivity index (χ3v) is 3.81. The summed E-state index contributed by atoms with van der Waals surface area (Å²) in [6.07, 6.45) is 1.52. The Bertz CT molecular complexity index is 487. The van der Waals surface area contributed by atoms with Crippen molar-refractivity contribution in [1.82, 2.24) is 5.32 Å². The summed E-state index contributed by atoms with van der Waals surface area (Å²) in [5.74, 6) is -0.397. The minimum absolute atomic E-state index is 0.0402. The first-order valence-corrected chi connectivity index (χ1v) is 6.61. The van der Waals surface area contributed by atoms with Crippen LogP contribution in [0.4, 0.5) is 15.8 Å². The van der Waals surface area contributed by atoms with Crippen LogP contribution in [0.2, 0.25) is 5.02 Å². The molecule has 1 fully saturated rings. The summed E-state index contributed by atoms with van der Waals surface area (Å²) in [4.78, 5) is 13.6. The van der Waals surface area contributed by atoms with Crippen LogP contribution in [-0.4, -0.2) is 26.0 Å². The Hall–Kier alpha value is -1.49. The molecule has 6 heteroatoms. The summed E-state index contributed by atoms with van der Waals surface area (Å²) in [6.45, 7) is 1.43. The monoisotopic (exact) mass is 285 g/mol. The molecule has 0 bridgehead atoms. The molecule has 4 nitrogen and oxygen atoms in total. The highest BCUT2D eigenvalue weighted by Crippen LogP contribution is 2.32. The predicted octanol–water partition coefficient (Wildman–Crippen LogP) is 2.02. The van der Waals surface area contributed by atoms with Gasteiger partial charge < -0.3 is 16.0 Å². The number of carbonyl (C=O) groups is 1. The summed E-state index contributed by atoms with van der Waals surface area (Å²) in [7, 11) is 1.65. The molecule has 0 saturated carbocycles. The minimum atomic E-state index is -0.511. The van der Waals surface area contributed by atoms with Crippen molar-refractivity contribution in [2.24, 2.45) is 5.92 Å². The van der Waals surface area contributed by atoms with Gasteiger partial charge in [-0.2, -0.15) is 0 Å². The van der Waals surface area contributed by atoms with Crippen LogP contribution in [0, 0.1) is 11.7 Å². The van der Waals surface area contributed by atoms with Gasteiger partial charge in [0.15, 0.2) is 0 Å². The number of hydrogen-bond donors (Lipinski definition) is 2. The highest BCUT2D eigenvalue weighted by Gasteiger charge is 2.25. The van der Waals surface area contributed by atoms with Gasteiger partial charge in [-0.1, -0.05) is 11.6 Å². The molecule has 1 heterocycles. The van der Waals surface area contributed by atoms with Crippen LogP contribution in [0.5, 0.6) is 0 Å². The number of carbonyl (C=O) groups excluding carboxylic acids is 1. The zero-order valence-corrected chi connectivity index (χ0v) is 11.5. The van der Waals surface area contributed by atoms with Crippen LogP contribution >= 0.6 is 11.6 Å². The minimum Gasteiger partial charge on any atom is -0.397 e. The zero-order valence-electron chi connectivity index (χ0n) is 10.7. The maximum absolute atomic E-state index is 13.3. The summed E-state index contributed by atoms with van der Waals surface area (Å²) < 4.78 is 13.3. The molecule has 1 amide bonds. The van der Waals surface area contributed by atoms with Crippen molar-refractivity contribution in [2.45, 2.75) is 12.8 Å². The fraction of sp³-hybridized carbons (Fsp3) is 0.462. The van der Waals surface area contributed by atoms with Crippen molar-refractivity contribution in [3.8, 4) is 0 Å². The first kappa shape index (κ1) is 13.9. The van der Waals surface area contributed by atoms with Crippen LogP contribution in [0.3, 0.4) is 0 Å². The molecule has 0 unspecified atom stereocenters. The number of nitrogen functional groups attached to an aromatic ring is 1. The number of hydrogen-bond acceptors (Lipinski definition) is 3. The Morgan fingerprint density at radius 2 is 2.11 bits per heavy atom. The molecule has 0 spiro atoms. The maximum Gasteiger partial charge on any atom is 0.222 e. The van der Waals surface area contributed by atoms with Gasteiger partial charge in [0.25, 0.3) is 0 Å². The van der Waals surface area contributed by atoms with Crippen LogP contribution in [0.15, 0.2) is 12.1 Å². The van der Waals surface area contributed by atoms with Crippen molar-refractivity contribution >= 4 is 28.9 Å². The lowest BCUT2D eigenvalue weighted by molar-refractivity contribution is -0.125. The summed E-state index contributed by atoms with van der Waals surface area (Å²) in [5.41, 5.74) is 6.94. The zero-order chi connectivity index (χ0) is 14.0. The highest BCUT2D eigenvalue weighted by molar-refractivity contribution is 6.31. The average Bonchev–Trinajstić information content (AvgIpc) is 2.42. The summed E-state index contributed by atoms with van der Waals surface area (Å²) in [6, 6.07) is 2.79. The largest absolute Gasteiger partial charge is 0.397 e. The summed E-state index contributed by atoms with van der Waals surface area (Å²) in [5, 5.41) is 2.73. The molecule has 0 atom stereocenters. The molecular weight excluding hydrogens is 269 g/mol. The number of anilines is 2. The third kappa shape index (κ3) is 2.92. The van der Waals surface area contributed by atoms with Crippen LogP contribution in [-0.2, 0) is 4.79 Å². The van der Waals surface area contributed by atoms with Gasteiger partial charge in [0, 0.05) is 32.1 Å². The van der Waals surface area contributed by atoms with E-state index in [9.17, 15) is 9.18 Å². The fourth-order valence-electron chi connectivity index (χ4n) is 2.41. The van der Waals surface area contributed by atoms with Gasteiger partial charge in [-0.25, -0.2) is 4.39 Å². The van der Waals surface area contributed by atoms with Crippen molar-refractivity contribution < 1.29 is 9.18 Å². The Labute approximate surface area is 116 Å². The average molecular weight is 286 g/mol. The van der Waals surface area contributed by atoms with E-state index < -0.39 is 5.82 Å². The Kier molecular flexibility index (Phi) is 4.14. The predicted molar refractivity (Wildman–Crippen MR) is 74.8 cm³/mol.